The Bertz CT molecular complexity index is 858. The molecular formula is C24H34O5. The van der Waals surface area contributed by atoms with E-state index in [2.05, 4.69) is 0 Å². The van der Waals surface area contributed by atoms with Gasteiger partial charge in [0.2, 0.25) is 0 Å². The molecule has 2 aromatic rings. The second kappa shape index (κ2) is 7.40. The number of benzene rings is 2. The summed E-state index contributed by atoms with van der Waals surface area (Å²) < 4.78 is 6.18. The van der Waals surface area contributed by atoms with Crippen LogP contribution in [0.25, 0.3) is 0 Å². The molecule has 2 rings (SSSR count). The Morgan fingerprint density at radius 2 is 1.03 bits per heavy atom. The van der Waals surface area contributed by atoms with Crippen LogP contribution in [0.4, 0.5) is 0 Å². The van der Waals surface area contributed by atoms with E-state index < -0.39 is 22.4 Å². The normalized spacial score (nSPS) is 13.5. The number of hydrogen-bond acceptors (Lipinski definition) is 5. The summed E-state index contributed by atoms with van der Waals surface area (Å²) in [5.41, 5.74) is -3.97. The highest BCUT2D eigenvalue weighted by Crippen LogP contribution is 2.48. The zero-order valence-corrected chi connectivity index (χ0v) is 18.7. The van der Waals surface area contributed by atoms with Crippen molar-refractivity contribution < 1.29 is 25.2 Å². The second-order valence-electron chi connectivity index (χ2n) is 9.70. The fraction of sp³-hybridized carbons (Fsp3) is 0.500. The predicted octanol–water partition coefficient (Wildman–Crippen LogP) is 4.39. The van der Waals surface area contributed by atoms with Gasteiger partial charge in [-0.15, -0.1) is 0 Å². The Balaban J connectivity index is 3.07. The third kappa shape index (κ3) is 5.17. The standard InChI is InChI=1S/C24H34O5/c1-21(2,25)16-14-17(22(3,4)26)20(29-15-12-10-9-11-13-15)19(24(7,8)28)18(16)23(5,6)27/h9-14,25-28H,1-8H3. The van der Waals surface area contributed by atoms with Crippen LogP contribution in [-0.2, 0) is 22.4 Å². The first-order chi connectivity index (χ1) is 12.9. The summed E-state index contributed by atoms with van der Waals surface area (Å²) in [5.74, 6) is 0.794. The maximum Gasteiger partial charge on any atom is 0.139 e. The molecule has 0 aliphatic heterocycles. The summed E-state index contributed by atoms with van der Waals surface area (Å²) in [6.07, 6.45) is 0. The van der Waals surface area contributed by atoms with E-state index >= 15 is 0 Å². The van der Waals surface area contributed by atoms with Gasteiger partial charge in [-0.05, 0) is 84.7 Å². The largest absolute Gasteiger partial charge is 0.457 e. The van der Waals surface area contributed by atoms with Gasteiger partial charge in [0.15, 0.2) is 0 Å². The minimum Gasteiger partial charge on any atom is -0.457 e. The van der Waals surface area contributed by atoms with Gasteiger partial charge in [0.05, 0.1) is 22.4 Å². The molecule has 0 aliphatic rings. The Hall–Kier alpha value is -1.92. The number of rotatable bonds is 6. The van der Waals surface area contributed by atoms with Crippen LogP contribution in [0, 0.1) is 0 Å². The van der Waals surface area contributed by atoms with E-state index in [1.165, 1.54) is 0 Å². The molecule has 0 saturated heterocycles. The van der Waals surface area contributed by atoms with Crippen molar-refractivity contribution in [1.29, 1.82) is 0 Å². The van der Waals surface area contributed by atoms with E-state index in [9.17, 15) is 20.4 Å². The van der Waals surface area contributed by atoms with E-state index in [4.69, 9.17) is 4.74 Å². The Kier molecular flexibility index (Phi) is 5.96. The first-order valence-corrected chi connectivity index (χ1v) is 9.79. The summed E-state index contributed by atoms with van der Waals surface area (Å²) in [7, 11) is 0. The van der Waals surface area contributed by atoms with E-state index in [1.807, 2.05) is 18.2 Å². The Morgan fingerprint density at radius 1 is 0.586 bits per heavy atom. The van der Waals surface area contributed by atoms with Crippen molar-refractivity contribution in [3.63, 3.8) is 0 Å². The highest BCUT2D eigenvalue weighted by Gasteiger charge is 2.40. The third-order valence-corrected chi connectivity index (χ3v) is 4.78. The molecular weight excluding hydrogens is 368 g/mol. The fourth-order valence-corrected chi connectivity index (χ4v) is 3.53. The molecule has 4 N–H and O–H groups in total. The summed E-state index contributed by atoms with van der Waals surface area (Å²) >= 11 is 0. The highest BCUT2D eigenvalue weighted by molar-refractivity contribution is 5.59. The topological polar surface area (TPSA) is 90.2 Å². The third-order valence-electron chi connectivity index (χ3n) is 4.78. The molecule has 0 radical (unpaired) electrons. The number of ether oxygens (including phenoxy) is 1. The lowest BCUT2D eigenvalue weighted by Gasteiger charge is -2.38. The van der Waals surface area contributed by atoms with Crippen LogP contribution in [-0.4, -0.2) is 20.4 Å². The quantitative estimate of drug-likeness (QED) is 0.575. The summed E-state index contributed by atoms with van der Waals surface area (Å²) in [5, 5.41) is 43.9. The van der Waals surface area contributed by atoms with E-state index in [1.54, 1.807) is 73.6 Å². The van der Waals surface area contributed by atoms with Crippen molar-refractivity contribution in [2.75, 3.05) is 0 Å². The number of aliphatic hydroxyl groups is 4. The highest BCUT2D eigenvalue weighted by atomic mass is 16.5. The molecule has 5 nitrogen and oxygen atoms in total. The molecule has 0 spiro atoms. The molecule has 5 heteroatoms. The molecule has 29 heavy (non-hydrogen) atoms. The Labute approximate surface area is 173 Å². The van der Waals surface area contributed by atoms with Crippen molar-refractivity contribution in [1.82, 2.24) is 0 Å². The smallest absolute Gasteiger partial charge is 0.139 e. The first-order valence-electron chi connectivity index (χ1n) is 9.79. The van der Waals surface area contributed by atoms with Crippen LogP contribution >= 0.6 is 0 Å². The number of para-hydroxylation sites is 1. The van der Waals surface area contributed by atoms with Gasteiger partial charge in [-0.1, -0.05) is 18.2 Å². The maximum atomic E-state index is 11.1. The average molecular weight is 403 g/mol. The molecule has 0 fully saturated rings. The van der Waals surface area contributed by atoms with Crippen molar-refractivity contribution in [2.45, 2.75) is 77.8 Å². The maximum absolute atomic E-state index is 11.1. The molecule has 0 atom stereocenters. The lowest BCUT2D eigenvalue weighted by molar-refractivity contribution is 0.0343. The van der Waals surface area contributed by atoms with Crippen LogP contribution < -0.4 is 4.74 Å². The molecule has 0 saturated carbocycles. The van der Waals surface area contributed by atoms with Crippen LogP contribution in [0.15, 0.2) is 36.4 Å². The van der Waals surface area contributed by atoms with E-state index in [-0.39, 0.29) is 5.75 Å². The van der Waals surface area contributed by atoms with Crippen molar-refractivity contribution in [2.24, 2.45) is 0 Å². The summed E-state index contributed by atoms with van der Waals surface area (Å²) in [6.45, 7) is 12.8. The molecule has 160 valence electrons. The number of hydrogen-bond donors (Lipinski definition) is 4. The van der Waals surface area contributed by atoms with Gasteiger partial charge in [-0.25, -0.2) is 0 Å². The SMILES string of the molecule is CC(C)(O)c1cc(C(C)(C)O)c(C(C)(C)O)c(C(C)(C)O)c1Oc1ccccc1. The van der Waals surface area contributed by atoms with Crippen LogP contribution in [0.1, 0.15) is 77.6 Å². The Morgan fingerprint density at radius 3 is 1.41 bits per heavy atom. The minimum absolute atomic E-state index is 0.265. The molecule has 0 amide bonds. The van der Waals surface area contributed by atoms with Gasteiger partial charge in [-0.3, -0.25) is 0 Å². The fourth-order valence-electron chi connectivity index (χ4n) is 3.53. The van der Waals surface area contributed by atoms with E-state index in [0.717, 1.165) is 0 Å². The molecule has 0 aromatic heterocycles. The van der Waals surface area contributed by atoms with Gasteiger partial charge in [-0.2, -0.15) is 0 Å². The van der Waals surface area contributed by atoms with Gasteiger partial charge in [0, 0.05) is 11.1 Å². The lowest BCUT2D eigenvalue weighted by atomic mass is 9.75. The average Bonchev–Trinajstić information content (AvgIpc) is 2.51. The first kappa shape index (κ1) is 23.4. The van der Waals surface area contributed by atoms with Crippen LogP contribution in [0.2, 0.25) is 0 Å². The van der Waals surface area contributed by atoms with Crippen molar-refractivity contribution >= 4 is 0 Å². The van der Waals surface area contributed by atoms with Crippen molar-refractivity contribution in [3.8, 4) is 11.5 Å². The monoisotopic (exact) mass is 402 g/mol. The van der Waals surface area contributed by atoms with E-state index in [0.29, 0.717) is 28.0 Å². The summed E-state index contributed by atoms with van der Waals surface area (Å²) in [4.78, 5) is 0. The second-order valence-corrected chi connectivity index (χ2v) is 9.70. The molecule has 2 aromatic carbocycles. The minimum atomic E-state index is -1.43. The van der Waals surface area contributed by atoms with Crippen LogP contribution in [0.3, 0.4) is 0 Å². The molecule has 0 heterocycles. The van der Waals surface area contributed by atoms with Crippen LogP contribution in [0.5, 0.6) is 11.5 Å². The van der Waals surface area contributed by atoms with Gasteiger partial charge in [0.1, 0.15) is 11.5 Å². The molecule has 0 unspecified atom stereocenters. The van der Waals surface area contributed by atoms with Gasteiger partial charge in [0.25, 0.3) is 0 Å². The van der Waals surface area contributed by atoms with Crippen molar-refractivity contribution in [3.05, 3.63) is 58.7 Å². The zero-order valence-electron chi connectivity index (χ0n) is 18.7. The molecule has 0 bridgehead atoms. The van der Waals surface area contributed by atoms with Gasteiger partial charge < -0.3 is 25.2 Å². The molecule has 0 aliphatic carbocycles. The predicted molar refractivity (Wildman–Crippen MR) is 114 cm³/mol. The zero-order chi connectivity index (χ0) is 22.4. The van der Waals surface area contributed by atoms with Gasteiger partial charge >= 0.3 is 0 Å². The summed E-state index contributed by atoms with van der Waals surface area (Å²) in [6, 6.07) is 10.7. The lowest BCUT2D eigenvalue weighted by Crippen LogP contribution is -2.34.